The average Bonchev–Trinajstić information content (AvgIpc) is 2.71. The third-order valence-corrected chi connectivity index (χ3v) is 4.75. The van der Waals surface area contributed by atoms with Gasteiger partial charge in [-0.05, 0) is 79.1 Å². The minimum atomic E-state index is 1.09. The van der Waals surface area contributed by atoms with Crippen LogP contribution in [0, 0.1) is 13.8 Å². The van der Waals surface area contributed by atoms with Gasteiger partial charge in [0.1, 0.15) is 0 Å². The number of hydrogen-bond donors (Lipinski definition) is 2. The maximum absolute atomic E-state index is 3.45. The predicted molar refractivity (Wildman–Crippen MR) is 121 cm³/mol. The van der Waals surface area contributed by atoms with Crippen molar-refractivity contribution >= 4 is 22.7 Å². The summed E-state index contributed by atoms with van der Waals surface area (Å²) in [5, 5.41) is 6.89. The standard InChI is InChI=1S/C26H24N2/c1-19-6-12-23(13-7-19)27-24-14-8-21(9-15-24)22-10-16-25(17-11-22)28-26-5-3-4-20(2)18-26/h3-18,27-28H,1-2H3. The molecule has 0 aromatic heterocycles. The second-order valence-corrected chi connectivity index (χ2v) is 7.14. The Balaban J connectivity index is 1.44. The van der Waals surface area contributed by atoms with Crippen molar-refractivity contribution in [3.05, 3.63) is 108 Å². The van der Waals surface area contributed by atoms with Gasteiger partial charge < -0.3 is 10.6 Å². The minimum Gasteiger partial charge on any atom is -0.356 e. The number of rotatable bonds is 5. The molecule has 0 amide bonds. The molecule has 2 heteroatoms. The first-order chi connectivity index (χ1) is 13.7. The quantitative estimate of drug-likeness (QED) is 0.384. The summed E-state index contributed by atoms with van der Waals surface area (Å²) in [6.45, 7) is 4.20. The number of benzene rings is 4. The molecular weight excluding hydrogens is 340 g/mol. The van der Waals surface area contributed by atoms with E-state index in [0.717, 1.165) is 22.7 Å². The van der Waals surface area contributed by atoms with Gasteiger partial charge >= 0.3 is 0 Å². The lowest BCUT2D eigenvalue weighted by molar-refractivity contribution is 1.45. The molecular formula is C26H24N2. The van der Waals surface area contributed by atoms with E-state index in [1.54, 1.807) is 0 Å². The van der Waals surface area contributed by atoms with E-state index in [1.807, 2.05) is 0 Å². The summed E-state index contributed by atoms with van der Waals surface area (Å²) in [6, 6.07) is 33.9. The fraction of sp³-hybridized carbons (Fsp3) is 0.0769. The maximum Gasteiger partial charge on any atom is 0.0386 e. The fourth-order valence-corrected chi connectivity index (χ4v) is 3.19. The lowest BCUT2D eigenvalue weighted by Gasteiger charge is -2.10. The fourth-order valence-electron chi connectivity index (χ4n) is 3.19. The van der Waals surface area contributed by atoms with Crippen LogP contribution in [0.15, 0.2) is 97.1 Å². The van der Waals surface area contributed by atoms with E-state index in [0.29, 0.717) is 0 Å². The Morgan fingerprint density at radius 3 is 1.39 bits per heavy atom. The van der Waals surface area contributed by atoms with Crippen LogP contribution in [0.5, 0.6) is 0 Å². The van der Waals surface area contributed by atoms with E-state index >= 15 is 0 Å². The largest absolute Gasteiger partial charge is 0.356 e. The zero-order valence-corrected chi connectivity index (χ0v) is 16.2. The van der Waals surface area contributed by atoms with E-state index in [-0.39, 0.29) is 0 Å². The van der Waals surface area contributed by atoms with E-state index < -0.39 is 0 Å². The Bertz CT molecular complexity index is 1050. The Labute approximate surface area is 166 Å². The van der Waals surface area contributed by atoms with Gasteiger partial charge in [0, 0.05) is 22.7 Å². The maximum atomic E-state index is 3.45. The van der Waals surface area contributed by atoms with Crippen LogP contribution in [0.3, 0.4) is 0 Å². The highest BCUT2D eigenvalue weighted by Crippen LogP contribution is 2.26. The number of nitrogens with one attached hydrogen (secondary N) is 2. The molecule has 0 aliphatic rings. The summed E-state index contributed by atoms with van der Waals surface area (Å²) >= 11 is 0. The molecule has 0 aliphatic carbocycles. The summed E-state index contributed by atoms with van der Waals surface area (Å²) in [4.78, 5) is 0. The molecule has 2 N–H and O–H groups in total. The van der Waals surface area contributed by atoms with Crippen molar-refractivity contribution in [2.75, 3.05) is 10.6 Å². The molecule has 0 aliphatic heterocycles. The third kappa shape index (κ3) is 4.41. The summed E-state index contributed by atoms with van der Waals surface area (Å²) in [6.07, 6.45) is 0. The van der Waals surface area contributed by atoms with Crippen LogP contribution in [-0.4, -0.2) is 0 Å². The molecule has 0 unspecified atom stereocenters. The molecule has 0 bridgehead atoms. The lowest BCUT2D eigenvalue weighted by atomic mass is 10.0. The van der Waals surface area contributed by atoms with Gasteiger partial charge in [-0.25, -0.2) is 0 Å². The molecule has 4 aromatic carbocycles. The molecule has 4 rings (SSSR count). The molecule has 28 heavy (non-hydrogen) atoms. The van der Waals surface area contributed by atoms with Crippen LogP contribution in [0.2, 0.25) is 0 Å². The van der Waals surface area contributed by atoms with Crippen LogP contribution in [0.1, 0.15) is 11.1 Å². The first-order valence-corrected chi connectivity index (χ1v) is 9.54. The second-order valence-electron chi connectivity index (χ2n) is 7.14. The van der Waals surface area contributed by atoms with Gasteiger partial charge in [0.2, 0.25) is 0 Å². The van der Waals surface area contributed by atoms with Gasteiger partial charge in [-0.2, -0.15) is 0 Å². The van der Waals surface area contributed by atoms with Crippen molar-refractivity contribution < 1.29 is 0 Å². The van der Waals surface area contributed by atoms with Gasteiger partial charge in [-0.15, -0.1) is 0 Å². The van der Waals surface area contributed by atoms with E-state index in [4.69, 9.17) is 0 Å². The van der Waals surface area contributed by atoms with Crippen molar-refractivity contribution in [2.45, 2.75) is 13.8 Å². The van der Waals surface area contributed by atoms with Crippen molar-refractivity contribution in [1.82, 2.24) is 0 Å². The molecule has 2 nitrogen and oxygen atoms in total. The zero-order valence-electron chi connectivity index (χ0n) is 16.2. The normalized spacial score (nSPS) is 10.5. The van der Waals surface area contributed by atoms with Crippen LogP contribution in [0.4, 0.5) is 22.7 Å². The summed E-state index contributed by atoms with van der Waals surface area (Å²) in [7, 11) is 0. The Kier molecular flexibility index (Phi) is 5.11. The molecule has 138 valence electrons. The predicted octanol–water partition coefficient (Wildman–Crippen LogP) is 7.46. The van der Waals surface area contributed by atoms with E-state index in [9.17, 15) is 0 Å². The lowest BCUT2D eigenvalue weighted by Crippen LogP contribution is -1.91. The Hall–Kier alpha value is -3.52. The van der Waals surface area contributed by atoms with Crippen molar-refractivity contribution in [2.24, 2.45) is 0 Å². The molecule has 0 heterocycles. The van der Waals surface area contributed by atoms with Gasteiger partial charge in [0.15, 0.2) is 0 Å². The summed E-state index contributed by atoms with van der Waals surface area (Å²) < 4.78 is 0. The van der Waals surface area contributed by atoms with Gasteiger partial charge in [-0.3, -0.25) is 0 Å². The van der Waals surface area contributed by atoms with Crippen molar-refractivity contribution in [3.8, 4) is 11.1 Å². The first-order valence-electron chi connectivity index (χ1n) is 9.54. The summed E-state index contributed by atoms with van der Waals surface area (Å²) in [5.41, 5.74) is 9.32. The monoisotopic (exact) mass is 364 g/mol. The second kappa shape index (κ2) is 8.01. The molecule has 4 aromatic rings. The van der Waals surface area contributed by atoms with Gasteiger partial charge in [0.05, 0.1) is 0 Å². The SMILES string of the molecule is Cc1ccc(Nc2ccc(-c3ccc(Nc4cccc(C)c4)cc3)cc2)cc1. The highest BCUT2D eigenvalue weighted by Gasteiger charge is 2.01. The molecule has 0 atom stereocenters. The third-order valence-electron chi connectivity index (χ3n) is 4.75. The Morgan fingerprint density at radius 2 is 0.893 bits per heavy atom. The van der Waals surface area contributed by atoms with Gasteiger partial charge in [-0.1, -0.05) is 54.1 Å². The smallest absolute Gasteiger partial charge is 0.0386 e. The van der Waals surface area contributed by atoms with Crippen LogP contribution in [-0.2, 0) is 0 Å². The van der Waals surface area contributed by atoms with Crippen molar-refractivity contribution in [1.29, 1.82) is 0 Å². The summed E-state index contributed by atoms with van der Waals surface area (Å²) in [5.74, 6) is 0. The molecule has 0 radical (unpaired) electrons. The van der Waals surface area contributed by atoms with Crippen LogP contribution < -0.4 is 10.6 Å². The highest BCUT2D eigenvalue weighted by atomic mass is 14.9. The number of hydrogen-bond acceptors (Lipinski definition) is 2. The first kappa shape index (κ1) is 17.9. The number of anilines is 4. The average molecular weight is 364 g/mol. The number of aryl methyl sites for hydroxylation is 2. The molecule has 0 fully saturated rings. The van der Waals surface area contributed by atoms with E-state index in [1.165, 1.54) is 22.3 Å². The van der Waals surface area contributed by atoms with Crippen LogP contribution in [0.25, 0.3) is 11.1 Å². The van der Waals surface area contributed by atoms with E-state index in [2.05, 4.69) is 122 Å². The Morgan fingerprint density at radius 1 is 0.429 bits per heavy atom. The highest BCUT2D eigenvalue weighted by molar-refractivity contribution is 5.71. The minimum absolute atomic E-state index is 1.09. The van der Waals surface area contributed by atoms with Gasteiger partial charge in [0.25, 0.3) is 0 Å². The molecule has 0 spiro atoms. The zero-order chi connectivity index (χ0) is 19.3. The van der Waals surface area contributed by atoms with Crippen molar-refractivity contribution in [3.63, 3.8) is 0 Å². The topological polar surface area (TPSA) is 24.1 Å². The molecule has 0 saturated heterocycles. The van der Waals surface area contributed by atoms with Crippen LogP contribution >= 0.6 is 0 Å². The molecule has 0 saturated carbocycles.